The van der Waals surface area contributed by atoms with Gasteiger partial charge in [0.2, 0.25) is 0 Å². The molecule has 216 valence electrons. The molecule has 4 rings (SSSR count). The fourth-order valence-electron chi connectivity index (χ4n) is 5.11. The fraction of sp³-hybridized carbons (Fsp3) is 0.226. The maximum atomic E-state index is 13.7. The Morgan fingerprint density at radius 1 is 0.512 bits per heavy atom. The van der Waals surface area contributed by atoms with Crippen molar-refractivity contribution in [3.63, 3.8) is 0 Å². The average molecular weight is 595 g/mol. The molecule has 0 amide bonds. The summed E-state index contributed by atoms with van der Waals surface area (Å²) >= 11 is 0. The Morgan fingerprint density at radius 3 is 1.34 bits per heavy atom. The zero-order valence-electron chi connectivity index (χ0n) is 24.1. The van der Waals surface area contributed by atoms with E-state index in [1.165, 1.54) is 12.1 Å². The first kappa shape index (κ1) is 30.0. The maximum Gasteiger partial charge on any atom is 0.262 e. The lowest BCUT2D eigenvalue weighted by Gasteiger charge is -2.19. The van der Waals surface area contributed by atoms with Crippen LogP contribution in [0, 0.1) is 41.5 Å². The van der Waals surface area contributed by atoms with E-state index in [4.69, 9.17) is 9.47 Å². The Bertz CT molecular complexity index is 1790. The van der Waals surface area contributed by atoms with E-state index in [9.17, 15) is 16.8 Å². The molecule has 4 aromatic carbocycles. The molecule has 0 spiro atoms. The van der Waals surface area contributed by atoms with Gasteiger partial charge in [0, 0.05) is 6.07 Å². The Labute approximate surface area is 242 Å². The summed E-state index contributed by atoms with van der Waals surface area (Å²) in [7, 11) is -6.63. The first-order valence-electron chi connectivity index (χ1n) is 12.9. The van der Waals surface area contributed by atoms with E-state index in [1.54, 1.807) is 89.4 Å². The maximum absolute atomic E-state index is 13.7. The van der Waals surface area contributed by atoms with Crippen LogP contribution in [0.5, 0.6) is 17.2 Å². The van der Waals surface area contributed by atoms with E-state index >= 15 is 0 Å². The van der Waals surface area contributed by atoms with Gasteiger partial charge in [0.05, 0.1) is 28.3 Å². The number of aryl methyl sites for hydroxylation is 6. The molecule has 0 saturated carbocycles. The molecule has 0 aromatic heterocycles. The number of benzene rings is 4. The highest BCUT2D eigenvalue weighted by molar-refractivity contribution is 7.93. The van der Waals surface area contributed by atoms with Crippen molar-refractivity contribution in [2.75, 3.05) is 16.6 Å². The second-order valence-corrected chi connectivity index (χ2v) is 13.4. The SMILES string of the molecule is COc1ccc(Oc2ccc(NS(=O)(=O)c3c(C)cc(C)cc3C)c(NS(=O)(=O)c3c(C)cc(C)cc3C)c2)cc1. The van der Waals surface area contributed by atoms with Crippen LogP contribution in [0.2, 0.25) is 0 Å². The van der Waals surface area contributed by atoms with Crippen molar-refractivity contribution < 1.29 is 26.3 Å². The van der Waals surface area contributed by atoms with Gasteiger partial charge in [0.25, 0.3) is 20.0 Å². The summed E-state index contributed by atoms with van der Waals surface area (Å²) in [6.07, 6.45) is 0. The van der Waals surface area contributed by atoms with Crippen LogP contribution < -0.4 is 18.9 Å². The Balaban J connectivity index is 1.79. The van der Waals surface area contributed by atoms with E-state index in [1.807, 2.05) is 13.8 Å². The van der Waals surface area contributed by atoms with Crippen LogP contribution in [0.1, 0.15) is 33.4 Å². The van der Waals surface area contributed by atoms with Crippen molar-refractivity contribution in [3.05, 3.63) is 100 Å². The van der Waals surface area contributed by atoms with Crippen molar-refractivity contribution in [1.29, 1.82) is 0 Å². The van der Waals surface area contributed by atoms with Gasteiger partial charge < -0.3 is 9.47 Å². The minimum Gasteiger partial charge on any atom is -0.497 e. The molecule has 0 saturated heterocycles. The lowest BCUT2D eigenvalue weighted by atomic mass is 10.1. The van der Waals surface area contributed by atoms with Gasteiger partial charge in [-0.25, -0.2) is 16.8 Å². The predicted molar refractivity (Wildman–Crippen MR) is 162 cm³/mol. The van der Waals surface area contributed by atoms with Crippen LogP contribution >= 0.6 is 0 Å². The van der Waals surface area contributed by atoms with Crippen molar-refractivity contribution in [2.24, 2.45) is 0 Å². The minimum absolute atomic E-state index is 0.0152. The van der Waals surface area contributed by atoms with Gasteiger partial charge in [-0.05, 0) is 100 Å². The van der Waals surface area contributed by atoms with E-state index in [0.717, 1.165) is 11.1 Å². The quantitative estimate of drug-likeness (QED) is 0.217. The average Bonchev–Trinajstić information content (AvgIpc) is 2.84. The number of methoxy groups -OCH3 is 1. The molecule has 0 radical (unpaired) electrons. The first-order valence-corrected chi connectivity index (χ1v) is 15.8. The normalized spacial score (nSPS) is 11.7. The molecule has 41 heavy (non-hydrogen) atoms. The third-order valence-corrected chi connectivity index (χ3v) is 9.86. The Kier molecular flexibility index (Phi) is 8.37. The highest BCUT2D eigenvalue weighted by Gasteiger charge is 2.25. The summed E-state index contributed by atoms with van der Waals surface area (Å²) in [6, 6.07) is 18.5. The number of anilines is 2. The molecule has 0 aliphatic rings. The summed E-state index contributed by atoms with van der Waals surface area (Å²) in [5.74, 6) is 1.45. The zero-order chi connectivity index (χ0) is 30.1. The summed E-state index contributed by atoms with van der Waals surface area (Å²) in [5, 5.41) is 0. The summed E-state index contributed by atoms with van der Waals surface area (Å²) in [5.41, 5.74) is 4.27. The number of ether oxygens (including phenoxy) is 2. The summed E-state index contributed by atoms with van der Waals surface area (Å²) in [4.78, 5) is 0.268. The second kappa shape index (κ2) is 11.5. The van der Waals surface area contributed by atoms with Crippen LogP contribution in [-0.4, -0.2) is 23.9 Å². The lowest BCUT2D eigenvalue weighted by molar-refractivity contribution is 0.413. The van der Waals surface area contributed by atoms with Gasteiger partial charge in [0.15, 0.2) is 0 Å². The molecule has 0 unspecified atom stereocenters. The topological polar surface area (TPSA) is 111 Å². The number of nitrogens with one attached hydrogen (secondary N) is 2. The molecule has 8 nitrogen and oxygen atoms in total. The van der Waals surface area contributed by atoms with E-state index < -0.39 is 20.0 Å². The number of sulfonamides is 2. The molecule has 0 atom stereocenters. The number of rotatable bonds is 9. The molecule has 2 N–H and O–H groups in total. The predicted octanol–water partition coefficient (Wildman–Crippen LogP) is 6.94. The first-order chi connectivity index (χ1) is 19.2. The van der Waals surface area contributed by atoms with Gasteiger partial charge in [0.1, 0.15) is 17.2 Å². The largest absolute Gasteiger partial charge is 0.497 e. The van der Waals surface area contributed by atoms with E-state index in [0.29, 0.717) is 39.5 Å². The van der Waals surface area contributed by atoms with Crippen LogP contribution in [0.15, 0.2) is 76.5 Å². The molecule has 0 bridgehead atoms. The molecule has 0 aliphatic carbocycles. The van der Waals surface area contributed by atoms with E-state index in [2.05, 4.69) is 9.44 Å². The van der Waals surface area contributed by atoms with Gasteiger partial charge in [-0.15, -0.1) is 0 Å². The van der Waals surface area contributed by atoms with Crippen LogP contribution in [0.25, 0.3) is 0 Å². The third-order valence-electron chi connectivity index (χ3n) is 6.52. The molecule has 0 fully saturated rings. The highest BCUT2D eigenvalue weighted by Crippen LogP contribution is 2.35. The van der Waals surface area contributed by atoms with Crippen LogP contribution in [0.4, 0.5) is 11.4 Å². The van der Waals surface area contributed by atoms with Gasteiger partial charge in [-0.1, -0.05) is 35.4 Å². The van der Waals surface area contributed by atoms with Crippen molar-refractivity contribution in [2.45, 2.75) is 51.3 Å². The van der Waals surface area contributed by atoms with Gasteiger partial charge >= 0.3 is 0 Å². The molecule has 4 aromatic rings. The number of hydrogen-bond acceptors (Lipinski definition) is 6. The summed E-state index contributed by atoms with van der Waals surface area (Å²) < 4.78 is 70.9. The van der Waals surface area contributed by atoms with Crippen LogP contribution in [-0.2, 0) is 20.0 Å². The summed E-state index contributed by atoms with van der Waals surface area (Å²) in [6.45, 7) is 10.7. The molecule has 10 heteroatoms. The van der Waals surface area contributed by atoms with Crippen molar-refractivity contribution in [3.8, 4) is 17.2 Å². The van der Waals surface area contributed by atoms with Crippen LogP contribution in [0.3, 0.4) is 0 Å². The fourth-order valence-corrected chi connectivity index (χ4v) is 8.17. The van der Waals surface area contributed by atoms with Crippen molar-refractivity contribution in [1.82, 2.24) is 0 Å². The molecular formula is C31H34N2O6S2. The number of hydrogen-bond donors (Lipinski definition) is 2. The third kappa shape index (κ3) is 6.66. The van der Waals surface area contributed by atoms with E-state index in [-0.39, 0.29) is 21.2 Å². The minimum atomic E-state index is -4.11. The monoisotopic (exact) mass is 594 g/mol. The smallest absolute Gasteiger partial charge is 0.262 e. The zero-order valence-corrected chi connectivity index (χ0v) is 25.7. The Hall–Kier alpha value is -4.02. The molecule has 0 heterocycles. The molecular weight excluding hydrogens is 560 g/mol. The Morgan fingerprint density at radius 2 is 0.902 bits per heavy atom. The highest BCUT2D eigenvalue weighted by atomic mass is 32.2. The van der Waals surface area contributed by atoms with Gasteiger partial charge in [-0.2, -0.15) is 0 Å². The second-order valence-electron chi connectivity index (χ2n) is 10.2. The van der Waals surface area contributed by atoms with Gasteiger partial charge in [-0.3, -0.25) is 9.44 Å². The lowest BCUT2D eigenvalue weighted by Crippen LogP contribution is -2.20. The van der Waals surface area contributed by atoms with Crippen molar-refractivity contribution >= 4 is 31.4 Å². The molecule has 0 aliphatic heterocycles. The standard InChI is InChI=1S/C31H34N2O6S2/c1-19-14-21(3)30(22(4)15-19)40(34,35)32-28-13-12-27(39-26-10-8-25(38-7)9-11-26)18-29(28)33-41(36,37)31-23(5)16-20(2)17-24(31)6/h8-18,32-33H,1-7H3.